The maximum Gasteiger partial charge on any atom is 0.270 e. The number of nitro groups is 1. The molecule has 4 rings (SSSR count). The average molecular weight is 402 g/mol. The molecule has 0 bridgehead atoms. The summed E-state index contributed by atoms with van der Waals surface area (Å²) in [5.74, 6) is 0.802. The zero-order chi connectivity index (χ0) is 19.9. The number of nitro benzene ring substituents is 1. The monoisotopic (exact) mass is 402 g/mol. The highest BCUT2D eigenvalue weighted by atomic mass is 32.2. The lowest BCUT2D eigenvalue weighted by atomic mass is 9.96. The Kier molecular flexibility index (Phi) is 4.52. The fraction of sp³-hybridized carbons (Fsp3) is 0.278. The smallest absolute Gasteiger partial charge is 0.270 e. The quantitative estimate of drug-likeness (QED) is 0.524. The number of nitrogens with zero attached hydrogens (tertiary/aromatic N) is 3. The molecule has 2 N–H and O–H groups in total. The number of oxazole rings is 1. The summed E-state index contributed by atoms with van der Waals surface area (Å²) in [6.45, 7) is 1.12. The first-order chi connectivity index (χ1) is 13.3. The highest BCUT2D eigenvalue weighted by molar-refractivity contribution is 7.89. The van der Waals surface area contributed by atoms with Crippen molar-refractivity contribution in [3.05, 3.63) is 58.5 Å². The van der Waals surface area contributed by atoms with Crippen LogP contribution in [0.5, 0.6) is 0 Å². The van der Waals surface area contributed by atoms with Gasteiger partial charge in [0.05, 0.1) is 10.6 Å². The van der Waals surface area contributed by atoms with Crippen LogP contribution < -0.4 is 10.0 Å². The minimum absolute atomic E-state index is 0.125. The summed E-state index contributed by atoms with van der Waals surface area (Å²) in [7, 11) is -4.10. The Bertz CT molecular complexity index is 1120. The number of para-hydroxylation sites is 2. The van der Waals surface area contributed by atoms with Gasteiger partial charge in [0, 0.05) is 31.1 Å². The molecule has 1 aromatic heterocycles. The van der Waals surface area contributed by atoms with Crippen LogP contribution in [-0.2, 0) is 10.0 Å². The summed E-state index contributed by atoms with van der Waals surface area (Å²) in [4.78, 5) is 16.5. The van der Waals surface area contributed by atoms with Crippen LogP contribution in [0.1, 0.15) is 24.7 Å². The third kappa shape index (κ3) is 3.43. The minimum atomic E-state index is -4.10. The maximum atomic E-state index is 12.0. The van der Waals surface area contributed by atoms with Gasteiger partial charge < -0.3 is 9.32 Å². The summed E-state index contributed by atoms with van der Waals surface area (Å²) in [6.07, 6.45) is 1.43. The van der Waals surface area contributed by atoms with Crippen molar-refractivity contribution in [1.29, 1.82) is 0 Å². The van der Waals surface area contributed by atoms with Gasteiger partial charge in [0.15, 0.2) is 11.5 Å². The molecule has 3 aromatic rings. The van der Waals surface area contributed by atoms with Crippen LogP contribution in [0.4, 0.5) is 11.4 Å². The molecule has 1 fully saturated rings. The molecule has 1 saturated heterocycles. The third-order valence-corrected chi connectivity index (χ3v) is 5.90. The van der Waals surface area contributed by atoms with E-state index in [0.717, 1.165) is 17.2 Å². The van der Waals surface area contributed by atoms with Gasteiger partial charge in [-0.3, -0.25) is 10.1 Å². The lowest BCUT2D eigenvalue weighted by Crippen LogP contribution is -2.34. The Morgan fingerprint density at radius 2 is 1.89 bits per heavy atom. The van der Waals surface area contributed by atoms with E-state index < -0.39 is 14.9 Å². The molecule has 9 nitrogen and oxygen atoms in total. The fourth-order valence-electron chi connectivity index (χ4n) is 3.54. The SMILES string of the molecule is NS(=O)(=O)c1cc([N+](=O)[O-])ccc1N1CCC(c2nc3ccccc3o2)CC1. The topological polar surface area (TPSA) is 133 Å². The Morgan fingerprint density at radius 3 is 2.54 bits per heavy atom. The first-order valence-corrected chi connectivity index (χ1v) is 10.3. The Hall–Kier alpha value is -2.98. The molecule has 2 heterocycles. The molecule has 0 aliphatic carbocycles. The van der Waals surface area contributed by atoms with Crippen LogP contribution in [0.25, 0.3) is 11.1 Å². The third-order valence-electron chi connectivity index (χ3n) is 4.96. The normalized spacial score (nSPS) is 15.8. The highest BCUT2D eigenvalue weighted by Crippen LogP contribution is 2.35. The number of sulfonamides is 1. The van der Waals surface area contributed by atoms with Crippen molar-refractivity contribution < 1.29 is 17.8 Å². The molecule has 146 valence electrons. The van der Waals surface area contributed by atoms with Crippen LogP contribution in [-0.4, -0.2) is 31.4 Å². The van der Waals surface area contributed by atoms with Crippen molar-refractivity contribution in [3.63, 3.8) is 0 Å². The number of fused-ring (bicyclic) bond motifs is 1. The average Bonchev–Trinajstić information content (AvgIpc) is 3.11. The molecule has 0 atom stereocenters. The molecule has 1 aliphatic rings. The van der Waals surface area contributed by atoms with Crippen molar-refractivity contribution in [2.24, 2.45) is 5.14 Å². The van der Waals surface area contributed by atoms with Gasteiger partial charge in [-0.25, -0.2) is 18.5 Å². The zero-order valence-corrected chi connectivity index (χ0v) is 15.6. The first kappa shape index (κ1) is 18.4. The largest absolute Gasteiger partial charge is 0.440 e. The van der Waals surface area contributed by atoms with E-state index in [0.29, 0.717) is 37.5 Å². The molecule has 10 heteroatoms. The van der Waals surface area contributed by atoms with Gasteiger partial charge in [-0.1, -0.05) is 12.1 Å². The first-order valence-electron chi connectivity index (χ1n) is 8.74. The van der Waals surface area contributed by atoms with Crippen molar-refractivity contribution in [3.8, 4) is 0 Å². The lowest BCUT2D eigenvalue weighted by molar-refractivity contribution is -0.385. The van der Waals surface area contributed by atoms with Crippen molar-refractivity contribution in [2.45, 2.75) is 23.7 Å². The summed E-state index contributed by atoms with van der Waals surface area (Å²) in [6, 6.07) is 11.3. The van der Waals surface area contributed by atoms with E-state index in [-0.39, 0.29) is 16.5 Å². The van der Waals surface area contributed by atoms with Gasteiger partial charge in [-0.05, 0) is 31.0 Å². The van der Waals surface area contributed by atoms with E-state index in [4.69, 9.17) is 9.56 Å². The van der Waals surface area contributed by atoms with Crippen molar-refractivity contribution in [1.82, 2.24) is 4.98 Å². The summed E-state index contributed by atoms with van der Waals surface area (Å²) < 4.78 is 29.8. The fourth-order valence-corrected chi connectivity index (χ4v) is 4.31. The predicted molar refractivity (Wildman–Crippen MR) is 103 cm³/mol. The molecular weight excluding hydrogens is 384 g/mol. The second-order valence-electron chi connectivity index (χ2n) is 6.74. The van der Waals surface area contributed by atoms with E-state index in [1.54, 1.807) is 0 Å². The van der Waals surface area contributed by atoms with Gasteiger partial charge in [-0.15, -0.1) is 0 Å². The number of nitrogens with two attached hydrogens (primary N) is 1. The van der Waals surface area contributed by atoms with Gasteiger partial charge in [0.2, 0.25) is 10.0 Å². The van der Waals surface area contributed by atoms with Crippen molar-refractivity contribution >= 4 is 32.5 Å². The van der Waals surface area contributed by atoms with Crippen LogP contribution >= 0.6 is 0 Å². The van der Waals surface area contributed by atoms with E-state index in [1.165, 1.54) is 12.1 Å². The number of hydrogen-bond donors (Lipinski definition) is 1. The molecule has 0 amide bonds. The number of piperidine rings is 1. The molecule has 0 saturated carbocycles. The van der Waals surface area contributed by atoms with E-state index >= 15 is 0 Å². The molecule has 0 spiro atoms. The summed E-state index contributed by atoms with van der Waals surface area (Å²) >= 11 is 0. The lowest BCUT2D eigenvalue weighted by Gasteiger charge is -2.33. The van der Waals surface area contributed by atoms with E-state index in [1.807, 2.05) is 29.2 Å². The Morgan fingerprint density at radius 1 is 1.18 bits per heavy atom. The predicted octanol–water partition coefficient (Wildman–Crippen LogP) is 2.77. The van der Waals surface area contributed by atoms with E-state index in [9.17, 15) is 18.5 Å². The number of anilines is 1. The molecule has 1 aliphatic heterocycles. The van der Waals surface area contributed by atoms with Gasteiger partial charge in [0.1, 0.15) is 10.4 Å². The van der Waals surface area contributed by atoms with Gasteiger partial charge in [0.25, 0.3) is 5.69 Å². The number of aromatic nitrogens is 1. The number of rotatable bonds is 4. The minimum Gasteiger partial charge on any atom is -0.440 e. The van der Waals surface area contributed by atoms with Crippen LogP contribution in [0.2, 0.25) is 0 Å². The second kappa shape index (κ2) is 6.88. The zero-order valence-electron chi connectivity index (χ0n) is 14.8. The standard InChI is InChI=1S/C18H18N4O5S/c19-28(25,26)17-11-13(22(23)24)5-6-15(17)21-9-7-12(8-10-21)18-20-14-3-1-2-4-16(14)27-18/h1-6,11-12H,7-10H2,(H2,19,25,26). The number of primary sulfonamides is 1. The Labute approximate surface area is 161 Å². The number of benzene rings is 2. The molecular formula is C18H18N4O5S. The Balaban J connectivity index is 1.57. The highest BCUT2D eigenvalue weighted by Gasteiger charge is 2.28. The summed E-state index contributed by atoms with van der Waals surface area (Å²) in [5, 5.41) is 16.3. The molecule has 28 heavy (non-hydrogen) atoms. The maximum absolute atomic E-state index is 12.0. The van der Waals surface area contributed by atoms with Crippen LogP contribution in [0.3, 0.4) is 0 Å². The van der Waals surface area contributed by atoms with Crippen molar-refractivity contribution in [2.75, 3.05) is 18.0 Å². The van der Waals surface area contributed by atoms with Crippen LogP contribution in [0.15, 0.2) is 51.8 Å². The van der Waals surface area contributed by atoms with E-state index in [2.05, 4.69) is 4.98 Å². The molecule has 0 unspecified atom stereocenters. The molecule has 0 radical (unpaired) electrons. The van der Waals surface area contributed by atoms with Gasteiger partial charge >= 0.3 is 0 Å². The second-order valence-corrected chi connectivity index (χ2v) is 8.27. The number of non-ortho nitro benzene ring substituents is 1. The van der Waals surface area contributed by atoms with Gasteiger partial charge in [-0.2, -0.15) is 0 Å². The molecule has 2 aromatic carbocycles. The summed E-state index contributed by atoms with van der Waals surface area (Å²) in [5.41, 5.74) is 1.62. The number of hydrogen-bond acceptors (Lipinski definition) is 7. The van der Waals surface area contributed by atoms with Crippen LogP contribution in [0, 0.1) is 10.1 Å².